The standard InChI is InChI=1S/C14H21N3O3/c1-19-11-3-4-12(13(9-11)20-2)16-5-7-17(8-6-16)14(18)10-15/h3-4,9H,5-8,10,15H2,1-2H3. The number of carbonyl (C=O) groups excluding carboxylic acids is 1. The molecule has 1 heterocycles. The van der Waals surface area contributed by atoms with E-state index in [1.165, 1.54) is 0 Å². The van der Waals surface area contributed by atoms with E-state index in [1.54, 1.807) is 19.1 Å². The van der Waals surface area contributed by atoms with E-state index in [9.17, 15) is 4.79 Å². The van der Waals surface area contributed by atoms with Crippen LogP contribution in [0.5, 0.6) is 11.5 Å². The van der Waals surface area contributed by atoms with Crippen LogP contribution in [-0.2, 0) is 4.79 Å². The van der Waals surface area contributed by atoms with Crippen LogP contribution < -0.4 is 20.1 Å². The number of amides is 1. The number of anilines is 1. The van der Waals surface area contributed by atoms with Crippen LogP contribution in [-0.4, -0.2) is 57.8 Å². The average molecular weight is 279 g/mol. The number of nitrogens with two attached hydrogens (primary N) is 1. The van der Waals surface area contributed by atoms with Crippen molar-refractivity contribution in [1.82, 2.24) is 4.90 Å². The molecule has 1 fully saturated rings. The molecule has 0 atom stereocenters. The first-order valence-corrected chi connectivity index (χ1v) is 6.64. The molecular formula is C14H21N3O3. The molecule has 1 aliphatic heterocycles. The molecule has 2 N–H and O–H groups in total. The van der Waals surface area contributed by atoms with Crippen molar-refractivity contribution in [3.63, 3.8) is 0 Å². The van der Waals surface area contributed by atoms with E-state index < -0.39 is 0 Å². The highest BCUT2D eigenvalue weighted by Gasteiger charge is 2.22. The zero-order valence-electron chi connectivity index (χ0n) is 12.0. The fraction of sp³-hybridized carbons (Fsp3) is 0.500. The molecular weight excluding hydrogens is 258 g/mol. The van der Waals surface area contributed by atoms with Gasteiger partial charge in [-0.2, -0.15) is 0 Å². The molecule has 1 aromatic rings. The van der Waals surface area contributed by atoms with E-state index in [1.807, 2.05) is 18.2 Å². The van der Waals surface area contributed by atoms with Gasteiger partial charge in [-0.1, -0.05) is 0 Å². The van der Waals surface area contributed by atoms with Crippen molar-refractivity contribution < 1.29 is 14.3 Å². The maximum absolute atomic E-state index is 11.6. The van der Waals surface area contributed by atoms with Gasteiger partial charge in [0, 0.05) is 32.2 Å². The van der Waals surface area contributed by atoms with Gasteiger partial charge < -0.3 is 25.0 Å². The van der Waals surface area contributed by atoms with Gasteiger partial charge in [0.25, 0.3) is 0 Å². The van der Waals surface area contributed by atoms with E-state index >= 15 is 0 Å². The molecule has 6 heteroatoms. The fourth-order valence-corrected chi connectivity index (χ4v) is 2.37. The van der Waals surface area contributed by atoms with Gasteiger partial charge in [0.1, 0.15) is 11.5 Å². The maximum Gasteiger partial charge on any atom is 0.236 e. The van der Waals surface area contributed by atoms with Crippen LogP contribution in [0, 0.1) is 0 Å². The van der Waals surface area contributed by atoms with E-state index in [0.29, 0.717) is 13.1 Å². The van der Waals surface area contributed by atoms with Crippen molar-refractivity contribution in [2.75, 3.05) is 51.8 Å². The Labute approximate surface area is 119 Å². The van der Waals surface area contributed by atoms with Crippen LogP contribution in [0.3, 0.4) is 0 Å². The predicted molar refractivity (Wildman–Crippen MR) is 77.4 cm³/mol. The van der Waals surface area contributed by atoms with Crippen molar-refractivity contribution in [2.45, 2.75) is 0 Å². The normalized spacial score (nSPS) is 15.2. The van der Waals surface area contributed by atoms with E-state index in [0.717, 1.165) is 30.3 Å². The van der Waals surface area contributed by atoms with Crippen LogP contribution in [0.4, 0.5) is 5.69 Å². The summed E-state index contributed by atoms with van der Waals surface area (Å²) in [5.74, 6) is 1.55. The quantitative estimate of drug-likeness (QED) is 0.859. The van der Waals surface area contributed by atoms with Crippen LogP contribution in [0.15, 0.2) is 18.2 Å². The van der Waals surface area contributed by atoms with Crippen molar-refractivity contribution >= 4 is 11.6 Å². The Balaban J connectivity index is 2.08. The first-order valence-electron chi connectivity index (χ1n) is 6.64. The molecule has 0 aliphatic carbocycles. The summed E-state index contributed by atoms with van der Waals surface area (Å²) in [6.45, 7) is 2.99. The molecule has 1 amide bonds. The number of hydrogen-bond donors (Lipinski definition) is 1. The summed E-state index contributed by atoms with van der Waals surface area (Å²) in [6.07, 6.45) is 0. The highest BCUT2D eigenvalue weighted by molar-refractivity contribution is 5.78. The van der Waals surface area contributed by atoms with E-state index in [2.05, 4.69) is 4.90 Å². The number of ether oxygens (including phenoxy) is 2. The number of carbonyl (C=O) groups is 1. The minimum absolute atomic E-state index is 0.00588. The van der Waals surface area contributed by atoms with Crippen molar-refractivity contribution in [2.24, 2.45) is 5.73 Å². The van der Waals surface area contributed by atoms with Gasteiger partial charge in [-0.15, -0.1) is 0 Å². The first-order chi connectivity index (χ1) is 9.69. The van der Waals surface area contributed by atoms with Gasteiger partial charge in [0.05, 0.1) is 26.5 Å². The Bertz CT molecular complexity index is 471. The minimum atomic E-state index is 0.00588. The third-order valence-corrected chi connectivity index (χ3v) is 3.53. The number of hydrogen-bond acceptors (Lipinski definition) is 5. The third-order valence-electron chi connectivity index (χ3n) is 3.53. The second kappa shape index (κ2) is 6.47. The molecule has 0 aromatic heterocycles. The molecule has 1 aliphatic rings. The number of benzene rings is 1. The molecule has 0 spiro atoms. The Kier molecular flexibility index (Phi) is 4.68. The molecule has 0 unspecified atom stereocenters. The summed E-state index contributed by atoms with van der Waals surface area (Å²) in [5.41, 5.74) is 6.41. The minimum Gasteiger partial charge on any atom is -0.497 e. The van der Waals surface area contributed by atoms with Gasteiger partial charge in [-0.3, -0.25) is 4.79 Å². The van der Waals surface area contributed by atoms with Gasteiger partial charge in [0.15, 0.2) is 0 Å². The van der Waals surface area contributed by atoms with Crippen molar-refractivity contribution in [3.8, 4) is 11.5 Å². The highest BCUT2D eigenvalue weighted by Crippen LogP contribution is 2.32. The average Bonchev–Trinajstić information content (AvgIpc) is 2.53. The Morgan fingerprint density at radius 1 is 1.20 bits per heavy atom. The fourth-order valence-electron chi connectivity index (χ4n) is 2.37. The first kappa shape index (κ1) is 14.5. The number of rotatable bonds is 4. The van der Waals surface area contributed by atoms with Gasteiger partial charge in [0.2, 0.25) is 5.91 Å². The molecule has 1 saturated heterocycles. The lowest BCUT2D eigenvalue weighted by Crippen LogP contribution is -2.50. The molecule has 110 valence electrons. The molecule has 20 heavy (non-hydrogen) atoms. The predicted octanol–water partition coefficient (Wildman–Crippen LogP) is 0.311. The van der Waals surface area contributed by atoms with Crippen LogP contribution in [0.2, 0.25) is 0 Å². The smallest absolute Gasteiger partial charge is 0.236 e. The molecule has 0 saturated carbocycles. The molecule has 0 bridgehead atoms. The van der Waals surface area contributed by atoms with Gasteiger partial charge in [-0.25, -0.2) is 0 Å². The van der Waals surface area contributed by atoms with Gasteiger partial charge in [-0.05, 0) is 12.1 Å². The Morgan fingerprint density at radius 3 is 2.45 bits per heavy atom. The van der Waals surface area contributed by atoms with E-state index in [-0.39, 0.29) is 12.5 Å². The second-order valence-electron chi connectivity index (χ2n) is 4.61. The third kappa shape index (κ3) is 2.96. The Morgan fingerprint density at radius 2 is 1.90 bits per heavy atom. The molecule has 2 rings (SSSR count). The van der Waals surface area contributed by atoms with Crippen LogP contribution in [0.1, 0.15) is 0 Å². The monoisotopic (exact) mass is 279 g/mol. The SMILES string of the molecule is COc1ccc(N2CCN(C(=O)CN)CC2)c(OC)c1. The highest BCUT2D eigenvalue weighted by atomic mass is 16.5. The van der Waals surface area contributed by atoms with Crippen LogP contribution >= 0.6 is 0 Å². The van der Waals surface area contributed by atoms with Crippen molar-refractivity contribution in [3.05, 3.63) is 18.2 Å². The van der Waals surface area contributed by atoms with Crippen molar-refractivity contribution in [1.29, 1.82) is 0 Å². The molecule has 0 radical (unpaired) electrons. The largest absolute Gasteiger partial charge is 0.497 e. The summed E-state index contributed by atoms with van der Waals surface area (Å²) in [7, 11) is 3.28. The maximum atomic E-state index is 11.6. The number of piperazine rings is 1. The van der Waals surface area contributed by atoms with Gasteiger partial charge >= 0.3 is 0 Å². The number of nitrogens with zero attached hydrogens (tertiary/aromatic N) is 2. The lowest BCUT2D eigenvalue weighted by Gasteiger charge is -2.36. The zero-order valence-corrected chi connectivity index (χ0v) is 12.0. The zero-order chi connectivity index (χ0) is 14.5. The topological polar surface area (TPSA) is 68.0 Å². The summed E-state index contributed by atoms with van der Waals surface area (Å²) in [6, 6.07) is 5.76. The summed E-state index contributed by atoms with van der Waals surface area (Å²) < 4.78 is 10.6. The summed E-state index contributed by atoms with van der Waals surface area (Å²) in [5, 5.41) is 0. The van der Waals surface area contributed by atoms with E-state index in [4.69, 9.17) is 15.2 Å². The summed E-state index contributed by atoms with van der Waals surface area (Å²) in [4.78, 5) is 15.6. The Hall–Kier alpha value is -1.95. The van der Waals surface area contributed by atoms with Crippen LogP contribution in [0.25, 0.3) is 0 Å². The molecule has 1 aromatic carbocycles. The lowest BCUT2D eigenvalue weighted by molar-refractivity contribution is -0.129. The lowest BCUT2D eigenvalue weighted by atomic mass is 10.2. The number of methoxy groups -OCH3 is 2. The second-order valence-corrected chi connectivity index (χ2v) is 4.61. The summed E-state index contributed by atoms with van der Waals surface area (Å²) >= 11 is 0. The molecule has 6 nitrogen and oxygen atoms in total.